The Bertz CT molecular complexity index is 439. The molecule has 1 N–H and O–H groups in total. The Morgan fingerprint density at radius 2 is 1.67 bits per heavy atom. The van der Waals surface area contributed by atoms with Gasteiger partial charge >= 0.3 is 0 Å². The molecular formula is C17H25Cl2NO. The number of hydrogen-bond acceptors (Lipinski definition) is 2. The molecule has 1 aliphatic heterocycles. The predicted molar refractivity (Wildman–Crippen MR) is 90.5 cm³/mol. The Morgan fingerprint density at radius 3 is 2.19 bits per heavy atom. The Hall–Kier alpha value is -0.280. The maximum atomic E-state index is 10.8. The topological polar surface area (TPSA) is 23.5 Å². The Kier molecular flexibility index (Phi) is 5.96. The van der Waals surface area contributed by atoms with E-state index in [1.165, 1.54) is 31.2 Å². The number of aliphatic hydroxyl groups is 1. The molecule has 1 aliphatic carbocycles. The molecule has 0 bridgehead atoms. The highest BCUT2D eigenvalue weighted by Gasteiger charge is 2.45. The van der Waals surface area contributed by atoms with Crippen molar-refractivity contribution in [3.63, 3.8) is 0 Å². The van der Waals surface area contributed by atoms with Crippen LogP contribution in [0.1, 0.15) is 44.1 Å². The van der Waals surface area contributed by atoms with Gasteiger partial charge in [0.05, 0.1) is 6.10 Å². The van der Waals surface area contributed by atoms with Crippen LogP contribution in [0.3, 0.4) is 0 Å². The molecule has 1 heterocycles. The predicted octanol–water partition coefficient (Wildman–Crippen LogP) is 4.03. The van der Waals surface area contributed by atoms with Crippen molar-refractivity contribution >= 4 is 24.0 Å². The summed E-state index contributed by atoms with van der Waals surface area (Å²) in [5, 5.41) is 11.6. The van der Waals surface area contributed by atoms with Crippen LogP contribution in [0.25, 0.3) is 0 Å². The summed E-state index contributed by atoms with van der Waals surface area (Å²) < 4.78 is 0. The van der Waals surface area contributed by atoms with E-state index in [-0.39, 0.29) is 23.9 Å². The summed E-state index contributed by atoms with van der Waals surface area (Å²) in [6.45, 7) is 3.12. The van der Waals surface area contributed by atoms with Crippen LogP contribution < -0.4 is 0 Å². The molecule has 0 radical (unpaired) electrons. The number of benzene rings is 1. The molecule has 1 saturated heterocycles. The number of piperidine rings is 1. The Morgan fingerprint density at radius 1 is 1.05 bits per heavy atom. The molecule has 1 aromatic rings. The van der Waals surface area contributed by atoms with E-state index in [1.54, 1.807) is 0 Å². The first-order valence-corrected chi connectivity index (χ1v) is 8.25. The van der Waals surface area contributed by atoms with Crippen molar-refractivity contribution in [3.05, 3.63) is 34.9 Å². The van der Waals surface area contributed by atoms with E-state index in [0.29, 0.717) is 0 Å². The second-order valence-corrected chi connectivity index (χ2v) is 6.83. The summed E-state index contributed by atoms with van der Waals surface area (Å²) in [7, 11) is 0. The highest BCUT2D eigenvalue weighted by molar-refractivity contribution is 6.30. The lowest BCUT2D eigenvalue weighted by Crippen LogP contribution is -2.51. The fourth-order valence-electron chi connectivity index (χ4n) is 3.72. The third-order valence-corrected chi connectivity index (χ3v) is 5.43. The summed E-state index contributed by atoms with van der Waals surface area (Å²) in [5.74, 6) is 0. The van der Waals surface area contributed by atoms with E-state index >= 15 is 0 Å². The van der Waals surface area contributed by atoms with Gasteiger partial charge in [0.15, 0.2) is 0 Å². The Balaban J connectivity index is 0.00000161. The third kappa shape index (κ3) is 3.56. The molecule has 2 nitrogen and oxygen atoms in total. The largest absolute Gasteiger partial charge is 0.391 e. The number of halogens is 2. The van der Waals surface area contributed by atoms with Crippen molar-refractivity contribution < 1.29 is 5.11 Å². The first-order chi connectivity index (χ1) is 9.71. The minimum Gasteiger partial charge on any atom is -0.391 e. The van der Waals surface area contributed by atoms with Gasteiger partial charge in [-0.15, -0.1) is 12.4 Å². The highest BCUT2D eigenvalue weighted by atomic mass is 35.5. The second-order valence-electron chi connectivity index (χ2n) is 6.39. The van der Waals surface area contributed by atoms with Crippen LogP contribution in [-0.2, 0) is 5.41 Å². The van der Waals surface area contributed by atoms with Crippen LogP contribution >= 0.6 is 24.0 Å². The number of hydrogen-bond donors (Lipinski definition) is 1. The zero-order chi connectivity index (χ0) is 14.0. The van der Waals surface area contributed by atoms with Crippen molar-refractivity contribution in [2.75, 3.05) is 19.6 Å². The van der Waals surface area contributed by atoms with E-state index in [0.717, 1.165) is 37.5 Å². The fraction of sp³-hybridized carbons (Fsp3) is 0.647. The summed E-state index contributed by atoms with van der Waals surface area (Å²) in [4.78, 5) is 2.43. The van der Waals surface area contributed by atoms with Gasteiger partial charge in [-0.1, -0.05) is 36.6 Å². The lowest BCUT2D eigenvalue weighted by molar-refractivity contribution is -0.00126. The SMILES string of the molecule is Cl.OC(CN1CCCCC1)C1(c2ccc(Cl)cc2)CCC1. The van der Waals surface area contributed by atoms with Crippen molar-refractivity contribution in [2.45, 2.75) is 50.0 Å². The first kappa shape index (κ1) is 17.1. The lowest BCUT2D eigenvalue weighted by atomic mass is 9.61. The minimum atomic E-state index is -0.254. The molecule has 21 heavy (non-hydrogen) atoms. The molecule has 1 unspecified atom stereocenters. The number of likely N-dealkylation sites (tertiary alicyclic amines) is 1. The zero-order valence-electron chi connectivity index (χ0n) is 12.4. The molecular weight excluding hydrogens is 305 g/mol. The van der Waals surface area contributed by atoms with Gasteiger partial charge in [-0.3, -0.25) is 0 Å². The van der Waals surface area contributed by atoms with Crippen molar-refractivity contribution in [1.29, 1.82) is 0 Å². The van der Waals surface area contributed by atoms with Gasteiger partial charge in [0, 0.05) is 17.0 Å². The van der Waals surface area contributed by atoms with Gasteiger partial charge < -0.3 is 10.0 Å². The molecule has 1 aromatic carbocycles. The number of aliphatic hydroxyl groups excluding tert-OH is 1. The van der Waals surface area contributed by atoms with E-state index in [1.807, 2.05) is 12.1 Å². The van der Waals surface area contributed by atoms with Crippen LogP contribution in [0.2, 0.25) is 5.02 Å². The van der Waals surface area contributed by atoms with Crippen LogP contribution in [0.4, 0.5) is 0 Å². The maximum Gasteiger partial charge on any atom is 0.0763 e. The monoisotopic (exact) mass is 329 g/mol. The number of rotatable bonds is 4. The third-order valence-electron chi connectivity index (χ3n) is 5.18. The van der Waals surface area contributed by atoms with Gasteiger partial charge in [-0.2, -0.15) is 0 Å². The molecule has 2 fully saturated rings. The van der Waals surface area contributed by atoms with Crippen molar-refractivity contribution in [3.8, 4) is 0 Å². The lowest BCUT2D eigenvalue weighted by Gasteiger charge is -2.47. The molecule has 0 spiro atoms. The molecule has 0 aromatic heterocycles. The van der Waals surface area contributed by atoms with Gasteiger partial charge in [-0.05, 0) is 56.5 Å². The van der Waals surface area contributed by atoms with Gasteiger partial charge in [0.25, 0.3) is 0 Å². The Labute approximate surface area is 138 Å². The average Bonchev–Trinajstić information content (AvgIpc) is 2.41. The van der Waals surface area contributed by atoms with Gasteiger partial charge in [0.1, 0.15) is 0 Å². The number of β-amino-alcohol motifs (C(OH)–C–C–N with tert-alkyl or cyclic N) is 1. The summed E-state index contributed by atoms with van der Waals surface area (Å²) in [5.41, 5.74) is 1.24. The smallest absolute Gasteiger partial charge is 0.0763 e. The molecule has 1 saturated carbocycles. The average molecular weight is 330 g/mol. The van der Waals surface area contributed by atoms with E-state index < -0.39 is 0 Å². The highest BCUT2D eigenvalue weighted by Crippen LogP contribution is 2.47. The van der Waals surface area contributed by atoms with Gasteiger partial charge in [0.2, 0.25) is 0 Å². The van der Waals surface area contributed by atoms with Crippen molar-refractivity contribution in [1.82, 2.24) is 4.90 Å². The van der Waals surface area contributed by atoms with E-state index in [4.69, 9.17) is 11.6 Å². The van der Waals surface area contributed by atoms with Gasteiger partial charge in [-0.25, -0.2) is 0 Å². The van der Waals surface area contributed by atoms with E-state index in [2.05, 4.69) is 17.0 Å². The summed E-state index contributed by atoms with van der Waals surface area (Å²) in [6, 6.07) is 8.09. The maximum absolute atomic E-state index is 10.8. The zero-order valence-corrected chi connectivity index (χ0v) is 14.0. The normalized spacial score (nSPS) is 23.0. The molecule has 4 heteroatoms. The minimum absolute atomic E-state index is 0. The molecule has 2 aliphatic rings. The van der Waals surface area contributed by atoms with Crippen molar-refractivity contribution in [2.24, 2.45) is 0 Å². The van der Waals surface area contributed by atoms with Crippen LogP contribution in [-0.4, -0.2) is 35.7 Å². The molecule has 0 amide bonds. The fourth-order valence-corrected chi connectivity index (χ4v) is 3.84. The summed E-state index contributed by atoms with van der Waals surface area (Å²) in [6.07, 6.45) is 7.07. The quantitative estimate of drug-likeness (QED) is 0.901. The first-order valence-electron chi connectivity index (χ1n) is 7.87. The van der Waals surface area contributed by atoms with Crippen LogP contribution in [0.15, 0.2) is 24.3 Å². The standard InChI is InChI=1S/C17H24ClNO.ClH/c18-15-7-5-14(6-8-15)17(9-4-10-17)16(20)13-19-11-2-1-3-12-19;/h5-8,16,20H,1-4,9-13H2;1H. The molecule has 3 rings (SSSR count). The number of nitrogens with zero attached hydrogens (tertiary/aromatic N) is 1. The van der Waals surface area contributed by atoms with Crippen LogP contribution in [0.5, 0.6) is 0 Å². The van der Waals surface area contributed by atoms with E-state index in [9.17, 15) is 5.11 Å². The molecule has 118 valence electrons. The second kappa shape index (κ2) is 7.32. The van der Waals surface area contributed by atoms with Crippen LogP contribution in [0, 0.1) is 0 Å². The molecule has 1 atom stereocenters. The summed E-state index contributed by atoms with van der Waals surface area (Å²) >= 11 is 5.99.